The molecule has 0 saturated carbocycles. The summed E-state index contributed by atoms with van der Waals surface area (Å²) < 4.78 is 70.5. The molecular formula is C17H23ClF3N3O4S. The van der Waals surface area contributed by atoms with E-state index in [2.05, 4.69) is 14.9 Å². The van der Waals surface area contributed by atoms with E-state index in [9.17, 15) is 26.4 Å². The minimum absolute atomic E-state index is 0.106. The van der Waals surface area contributed by atoms with Crippen LogP contribution in [0.3, 0.4) is 0 Å². The molecular weight excluding hydrogens is 435 g/mol. The Morgan fingerprint density at radius 2 is 1.97 bits per heavy atom. The van der Waals surface area contributed by atoms with Crippen LogP contribution in [-0.2, 0) is 25.7 Å². The third-order valence-electron chi connectivity index (χ3n) is 4.46. The maximum Gasteiger partial charge on any atom is 0.417 e. The number of halogens is 4. The first-order valence-electron chi connectivity index (χ1n) is 8.95. The van der Waals surface area contributed by atoms with Gasteiger partial charge in [0.15, 0.2) is 0 Å². The molecule has 29 heavy (non-hydrogen) atoms. The number of amides is 1. The summed E-state index contributed by atoms with van der Waals surface area (Å²) in [6, 6.07) is 2.42. The van der Waals surface area contributed by atoms with Gasteiger partial charge in [-0.3, -0.25) is 9.69 Å². The third-order valence-corrected chi connectivity index (χ3v) is 6.25. The molecule has 1 amide bonds. The Hall–Kier alpha value is -1.40. The molecule has 164 valence electrons. The van der Waals surface area contributed by atoms with Gasteiger partial charge < -0.3 is 10.1 Å². The molecule has 1 aromatic rings. The monoisotopic (exact) mass is 457 g/mol. The number of sulfonamides is 1. The van der Waals surface area contributed by atoms with Crippen LogP contribution < -0.4 is 10.0 Å². The zero-order valence-electron chi connectivity index (χ0n) is 15.8. The summed E-state index contributed by atoms with van der Waals surface area (Å²) in [5, 5.41) is 2.13. The highest BCUT2D eigenvalue weighted by molar-refractivity contribution is 7.89. The summed E-state index contributed by atoms with van der Waals surface area (Å²) in [6.45, 7) is 4.95. The number of alkyl halides is 3. The lowest BCUT2D eigenvalue weighted by Crippen LogP contribution is -2.47. The molecule has 2 N–H and O–H groups in total. The van der Waals surface area contributed by atoms with E-state index in [1.807, 2.05) is 6.92 Å². The highest BCUT2D eigenvalue weighted by atomic mass is 35.5. The van der Waals surface area contributed by atoms with Crippen molar-refractivity contribution in [2.75, 3.05) is 39.4 Å². The molecule has 1 aromatic carbocycles. The number of benzene rings is 1. The van der Waals surface area contributed by atoms with Crippen LogP contribution in [0.15, 0.2) is 23.1 Å². The van der Waals surface area contributed by atoms with Gasteiger partial charge in [-0.2, -0.15) is 13.2 Å². The van der Waals surface area contributed by atoms with Crippen molar-refractivity contribution in [3.8, 4) is 0 Å². The molecule has 7 nitrogen and oxygen atoms in total. The molecule has 0 aromatic heterocycles. The van der Waals surface area contributed by atoms with Crippen LogP contribution in [0.2, 0.25) is 5.02 Å². The van der Waals surface area contributed by atoms with E-state index in [4.69, 9.17) is 16.3 Å². The number of morpholine rings is 1. The number of rotatable bonds is 8. The van der Waals surface area contributed by atoms with Crippen molar-refractivity contribution >= 4 is 27.5 Å². The van der Waals surface area contributed by atoms with Crippen LogP contribution in [0, 0.1) is 0 Å². The predicted molar refractivity (Wildman–Crippen MR) is 101 cm³/mol. The number of hydrogen-bond donors (Lipinski definition) is 2. The summed E-state index contributed by atoms with van der Waals surface area (Å²) in [6.07, 6.45) is -4.92. The maximum absolute atomic E-state index is 12.9. The molecule has 1 heterocycles. The van der Waals surface area contributed by atoms with Gasteiger partial charge in [-0.1, -0.05) is 11.6 Å². The summed E-state index contributed by atoms with van der Waals surface area (Å²) in [5.41, 5.74) is -1.24. The van der Waals surface area contributed by atoms with Crippen LogP contribution in [-0.4, -0.2) is 64.7 Å². The highest BCUT2D eigenvalue weighted by Gasteiger charge is 2.34. The van der Waals surface area contributed by atoms with Gasteiger partial charge in [-0.05, 0) is 25.1 Å². The number of carbonyl (C=O) groups excluding carboxylic acids is 1. The normalized spacial score (nSPS) is 17.1. The van der Waals surface area contributed by atoms with Crippen molar-refractivity contribution in [2.45, 2.75) is 30.5 Å². The molecule has 1 fully saturated rings. The van der Waals surface area contributed by atoms with Gasteiger partial charge in [0.2, 0.25) is 15.9 Å². The standard InChI is InChI=1S/C17H23ClF3N3O4S/c1-12(24-6-8-28-9-7-24)11-22-16(25)4-5-23-29(26,27)13-2-3-15(18)14(10-13)17(19,20)21/h2-3,10,12,23H,4-9,11H2,1H3,(H,22,25). The molecule has 1 aliphatic heterocycles. The molecule has 0 spiro atoms. The van der Waals surface area contributed by atoms with E-state index in [-0.39, 0.29) is 24.9 Å². The molecule has 0 bridgehead atoms. The fourth-order valence-electron chi connectivity index (χ4n) is 2.77. The van der Waals surface area contributed by atoms with E-state index >= 15 is 0 Å². The first-order chi connectivity index (χ1) is 13.5. The fourth-order valence-corrected chi connectivity index (χ4v) is 4.05. The molecule has 1 aliphatic rings. The maximum atomic E-state index is 12.9. The number of carbonyl (C=O) groups is 1. The Kier molecular flexibility index (Phi) is 8.29. The largest absolute Gasteiger partial charge is 0.417 e. The van der Waals surface area contributed by atoms with Crippen LogP contribution >= 0.6 is 11.6 Å². The van der Waals surface area contributed by atoms with Gasteiger partial charge in [0.25, 0.3) is 0 Å². The second-order valence-corrected chi connectivity index (χ2v) is 8.76. The quantitative estimate of drug-likeness (QED) is 0.622. The van der Waals surface area contributed by atoms with Crippen molar-refractivity contribution in [1.29, 1.82) is 0 Å². The van der Waals surface area contributed by atoms with E-state index in [1.165, 1.54) is 0 Å². The number of ether oxygens (including phenoxy) is 1. The van der Waals surface area contributed by atoms with Crippen molar-refractivity contribution in [2.24, 2.45) is 0 Å². The Bertz CT molecular complexity index is 815. The zero-order valence-corrected chi connectivity index (χ0v) is 17.3. The lowest BCUT2D eigenvalue weighted by molar-refractivity contribution is -0.137. The second-order valence-electron chi connectivity index (χ2n) is 6.59. The first kappa shape index (κ1) is 23.9. The van der Waals surface area contributed by atoms with Gasteiger partial charge in [-0.15, -0.1) is 0 Å². The molecule has 0 aliphatic carbocycles. The van der Waals surface area contributed by atoms with Crippen molar-refractivity contribution < 1.29 is 31.1 Å². The smallest absolute Gasteiger partial charge is 0.379 e. The lowest BCUT2D eigenvalue weighted by Gasteiger charge is -2.32. The minimum atomic E-state index is -4.78. The molecule has 1 atom stereocenters. The molecule has 2 rings (SSSR count). The average Bonchev–Trinajstić information content (AvgIpc) is 2.66. The Balaban J connectivity index is 1.83. The summed E-state index contributed by atoms with van der Waals surface area (Å²) in [4.78, 5) is 13.5. The van der Waals surface area contributed by atoms with Gasteiger partial charge >= 0.3 is 6.18 Å². The fraction of sp³-hybridized carbons (Fsp3) is 0.588. The second kappa shape index (κ2) is 10.1. The van der Waals surface area contributed by atoms with E-state index in [0.717, 1.165) is 25.2 Å². The Labute approximate surface area is 172 Å². The molecule has 1 unspecified atom stereocenters. The number of hydrogen-bond acceptors (Lipinski definition) is 5. The van der Waals surface area contributed by atoms with Crippen molar-refractivity contribution in [3.63, 3.8) is 0 Å². The highest BCUT2D eigenvalue weighted by Crippen LogP contribution is 2.35. The average molecular weight is 458 g/mol. The van der Waals surface area contributed by atoms with Gasteiger partial charge in [-0.25, -0.2) is 13.1 Å². The Morgan fingerprint density at radius 1 is 1.31 bits per heavy atom. The zero-order chi connectivity index (χ0) is 21.7. The van der Waals surface area contributed by atoms with E-state index in [0.29, 0.717) is 25.8 Å². The summed E-state index contributed by atoms with van der Waals surface area (Å²) >= 11 is 5.49. The summed E-state index contributed by atoms with van der Waals surface area (Å²) in [7, 11) is -4.21. The Morgan fingerprint density at radius 3 is 2.59 bits per heavy atom. The SMILES string of the molecule is CC(CNC(=O)CCNS(=O)(=O)c1ccc(Cl)c(C(F)(F)F)c1)N1CCOCC1. The van der Waals surface area contributed by atoms with Crippen molar-refractivity contribution in [1.82, 2.24) is 14.9 Å². The predicted octanol–water partition coefficient (Wildman–Crippen LogP) is 1.86. The van der Waals surface area contributed by atoms with Crippen LogP contribution in [0.5, 0.6) is 0 Å². The van der Waals surface area contributed by atoms with Crippen LogP contribution in [0.4, 0.5) is 13.2 Å². The first-order valence-corrected chi connectivity index (χ1v) is 10.8. The van der Waals surface area contributed by atoms with Crippen molar-refractivity contribution in [3.05, 3.63) is 28.8 Å². The number of nitrogens with zero attached hydrogens (tertiary/aromatic N) is 1. The third kappa shape index (κ3) is 7.10. The minimum Gasteiger partial charge on any atom is -0.379 e. The summed E-state index contributed by atoms with van der Waals surface area (Å²) in [5.74, 6) is -0.361. The molecule has 12 heteroatoms. The van der Waals surface area contributed by atoms with Crippen LogP contribution in [0.1, 0.15) is 18.9 Å². The lowest BCUT2D eigenvalue weighted by atomic mass is 10.2. The topological polar surface area (TPSA) is 87.7 Å². The molecule has 0 radical (unpaired) electrons. The van der Waals surface area contributed by atoms with Gasteiger partial charge in [0.05, 0.1) is 28.7 Å². The van der Waals surface area contributed by atoms with Gasteiger partial charge in [0.1, 0.15) is 0 Å². The number of nitrogens with one attached hydrogen (secondary N) is 2. The van der Waals surface area contributed by atoms with Gasteiger partial charge in [0, 0.05) is 38.6 Å². The molecule has 1 saturated heterocycles. The van der Waals surface area contributed by atoms with E-state index < -0.39 is 31.7 Å². The van der Waals surface area contributed by atoms with Crippen LogP contribution in [0.25, 0.3) is 0 Å². The van der Waals surface area contributed by atoms with E-state index in [1.54, 1.807) is 0 Å².